The maximum absolute atomic E-state index is 12.9. The van der Waals surface area contributed by atoms with Gasteiger partial charge in [-0.25, -0.2) is 9.59 Å². The Morgan fingerprint density at radius 2 is 1.61 bits per heavy atom. The molecular weight excluding hydrogens is 368 g/mol. The summed E-state index contributed by atoms with van der Waals surface area (Å²) in [5.74, 6) is -0.351. The van der Waals surface area contributed by atoms with Crippen molar-refractivity contribution in [1.82, 2.24) is 0 Å². The molecule has 2 aromatic rings. The van der Waals surface area contributed by atoms with E-state index in [0.29, 0.717) is 22.4 Å². The van der Waals surface area contributed by atoms with Crippen LogP contribution in [-0.4, -0.2) is 31.3 Å². The molecule has 0 saturated carbocycles. The fraction of sp³-hybridized carbons (Fsp3) is 0.300. The van der Waals surface area contributed by atoms with E-state index in [4.69, 9.17) is 23.7 Å². The van der Waals surface area contributed by atoms with Crippen LogP contribution in [0.1, 0.15) is 49.3 Å². The summed E-state index contributed by atoms with van der Waals surface area (Å²) >= 11 is 0. The first-order valence-corrected chi connectivity index (χ1v) is 8.51. The number of methoxy groups -OCH3 is 2. The molecule has 1 unspecified atom stereocenters. The van der Waals surface area contributed by atoms with Crippen molar-refractivity contribution in [2.75, 3.05) is 14.2 Å². The number of carbonyl (C=O) groups is 2. The predicted octanol–water partition coefficient (Wildman–Crippen LogP) is 3.12. The molecule has 0 bridgehead atoms. The largest absolute Gasteiger partial charge is 0.496 e. The SMILES string of the molecule is COc1cc(C)c2c(c1C)Oc1c(c(C)c(OC)c3c1C(O)OC3=O)OC2=O. The number of hydrogen-bond donors (Lipinski definition) is 1. The van der Waals surface area contributed by atoms with E-state index in [0.717, 1.165) is 0 Å². The molecule has 1 atom stereocenters. The smallest absolute Gasteiger partial charge is 0.347 e. The summed E-state index contributed by atoms with van der Waals surface area (Å²) < 4.78 is 27.3. The first-order chi connectivity index (χ1) is 13.3. The van der Waals surface area contributed by atoms with Crippen LogP contribution in [0.2, 0.25) is 0 Å². The Labute approximate surface area is 160 Å². The second kappa shape index (κ2) is 6.13. The van der Waals surface area contributed by atoms with Crippen molar-refractivity contribution in [3.63, 3.8) is 0 Å². The van der Waals surface area contributed by atoms with Crippen molar-refractivity contribution in [2.24, 2.45) is 0 Å². The van der Waals surface area contributed by atoms with Gasteiger partial charge in [0.25, 0.3) is 0 Å². The minimum Gasteiger partial charge on any atom is -0.496 e. The fourth-order valence-corrected chi connectivity index (χ4v) is 3.65. The summed E-state index contributed by atoms with van der Waals surface area (Å²) in [6.45, 7) is 5.10. The van der Waals surface area contributed by atoms with E-state index in [1.165, 1.54) is 14.2 Å². The third kappa shape index (κ3) is 2.27. The molecule has 0 aromatic heterocycles. The standard InChI is InChI=1S/C20H18O8/c1-7-6-10(24-4)8(2)15-11(7)18(21)27-16-9(3)14(25-5)12-13(17(16)26-15)20(23)28-19(12)22/h6,20,23H,1-5H3. The van der Waals surface area contributed by atoms with Gasteiger partial charge in [0.05, 0.1) is 19.8 Å². The molecule has 2 aliphatic heterocycles. The number of cyclic esters (lactones) is 1. The molecule has 0 amide bonds. The third-order valence-corrected chi connectivity index (χ3v) is 5.00. The molecule has 0 spiro atoms. The maximum atomic E-state index is 12.9. The molecule has 0 aliphatic carbocycles. The van der Waals surface area contributed by atoms with Crippen LogP contribution in [0, 0.1) is 20.8 Å². The highest BCUT2D eigenvalue weighted by Gasteiger charge is 2.42. The second-order valence-electron chi connectivity index (χ2n) is 6.58. The molecule has 4 rings (SSSR count). The van der Waals surface area contributed by atoms with Crippen molar-refractivity contribution in [2.45, 2.75) is 27.1 Å². The molecular formula is C20H18O8. The summed E-state index contributed by atoms with van der Waals surface area (Å²) in [5, 5.41) is 10.3. The fourth-order valence-electron chi connectivity index (χ4n) is 3.65. The van der Waals surface area contributed by atoms with Gasteiger partial charge in [-0.2, -0.15) is 0 Å². The highest BCUT2D eigenvalue weighted by Crippen LogP contribution is 2.53. The maximum Gasteiger partial charge on any atom is 0.347 e. The molecule has 0 radical (unpaired) electrons. The number of hydrogen-bond acceptors (Lipinski definition) is 8. The van der Waals surface area contributed by atoms with Crippen molar-refractivity contribution in [3.05, 3.63) is 39.4 Å². The molecule has 2 heterocycles. The number of aryl methyl sites for hydroxylation is 1. The molecule has 2 aromatic carbocycles. The van der Waals surface area contributed by atoms with E-state index in [1.54, 1.807) is 26.8 Å². The number of fused-ring (bicyclic) bond motifs is 4. The van der Waals surface area contributed by atoms with Crippen LogP contribution in [0.4, 0.5) is 0 Å². The summed E-state index contributed by atoms with van der Waals surface area (Å²) in [6.07, 6.45) is -1.57. The van der Waals surface area contributed by atoms with E-state index in [-0.39, 0.29) is 39.7 Å². The number of aliphatic hydroxyl groups is 1. The lowest BCUT2D eigenvalue weighted by molar-refractivity contribution is -0.0555. The van der Waals surface area contributed by atoms with Crippen molar-refractivity contribution in [3.8, 4) is 28.7 Å². The third-order valence-electron chi connectivity index (χ3n) is 5.00. The Morgan fingerprint density at radius 1 is 0.893 bits per heavy atom. The van der Waals surface area contributed by atoms with E-state index < -0.39 is 18.2 Å². The number of rotatable bonds is 2. The molecule has 0 fully saturated rings. The summed E-state index contributed by atoms with van der Waals surface area (Å²) in [6, 6.07) is 1.72. The highest BCUT2D eigenvalue weighted by atomic mass is 16.6. The van der Waals surface area contributed by atoms with Gasteiger partial charge in [0.1, 0.15) is 28.4 Å². The number of benzene rings is 2. The molecule has 2 aliphatic rings. The highest BCUT2D eigenvalue weighted by molar-refractivity contribution is 6.02. The van der Waals surface area contributed by atoms with Gasteiger partial charge in [-0.1, -0.05) is 0 Å². The number of esters is 2. The zero-order chi connectivity index (χ0) is 20.3. The molecule has 28 heavy (non-hydrogen) atoms. The molecule has 1 N–H and O–H groups in total. The van der Waals surface area contributed by atoms with Crippen LogP contribution >= 0.6 is 0 Å². The average molecular weight is 386 g/mol. The summed E-state index contributed by atoms with van der Waals surface area (Å²) in [4.78, 5) is 25.2. The quantitative estimate of drug-likeness (QED) is 0.621. The van der Waals surface area contributed by atoms with Crippen LogP contribution in [0.5, 0.6) is 28.7 Å². The zero-order valence-electron chi connectivity index (χ0n) is 16.0. The van der Waals surface area contributed by atoms with Crippen LogP contribution in [0.15, 0.2) is 6.07 Å². The number of aliphatic hydroxyl groups excluding tert-OH is 1. The predicted molar refractivity (Wildman–Crippen MR) is 95.6 cm³/mol. The first-order valence-electron chi connectivity index (χ1n) is 8.51. The lowest BCUT2D eigenvalue weighted by atomic mass is 10.0. The van der Waals surface area contributed by atoms with Gasteiger partial charge < -0.3 is 28.8 Å². The Hall–Kier alpha value is -3.26. The van der Waals surface area contributed by atoms with Crippen LogP contribution in [0.3, 0.4) is 0 Å². The topological polar surface area (TPSA) is 101 Å². The molecule has 8 heteroatoms. The first kappa shape index (κ1) is 18.1. The second-order valence-corrected chi connectivity index (χ2v) is 6.58. The lowest BCUT2D eigenvalue weighted by Gasteiger charge is -2.18. The molecule has 0 saturated heterocycles. The lowest BCUT2D eigenvalue weighted by Crippen LogP contribution is -2.11. The summed E-state index contributed by atoms with van der Waals surface area (Å²) in [7, 11) is 2.89. The molecule has 146 valence electrons. The van der Waals surface area contributed by atoms with Crippen LogP contribution in [-0.2, 0) is 4.74 Å². The minimum absolute atomic E-state index is 0.0366. The summed E-state index contributed by atoms with van der Waals surface area (Å²) in [5.41, 5.74) is 1.90. The van der Waals surface area contributed by atoms with E-state index in [9.17, 15) is 14.7 Å². The Morgan fingerprint density at radius 3 is 2.25 bits per heavy atom. The number of carbonyl (C=O) groups excluding carboxylic acids is 2. The normalized spacial score (nSPS) is 16.9. The van der Waals surface area contributed by atoms with Gasteiger partial charge in [0.2, 0.25) is 6.29 Å². The van der Waals surface area contributed by atoms with Crippen LogP contribution < -0.4 is 18.9 Å². The Kier molecular flexibility index (Phi) is 3.97. The zero-order valence-corrected chi connectivity index (χ0v) is 16.0. The van der Waals surface area contributed by atoms with Crippen LogP contribution in [0.25, 0.3) is 0 Å². The van der Waals surface area contributed by atoms with Crippen molar-refractivity contribution in [1.29, 1.82) is 0 Å². The van der Waals surface area contributed by atoms with Crippen molar-refractivity contribution < 1.29 is 38.4 Å². The monoisotopic (exact) mass is 386 g/mol. The Balaban J connectivity index is 2.08. The number of ether oxygens (including phenoxy) is 5. The van der Waals surface area contributed by atoms with Gasteiger partial charge in [-0.3, -0.25) is 0 Å². The van der Waals surface area contributed by atoms with E-state index in [2.05, 4.69) is 0 Å². The van der Waals surface area contributed by atoms with Gasteiger partial charge >= 0.3 is 11.9 Å². The van der Waals surface area contributed by atoms with Gasteiger partial charge in [0, 0.05) is 11.1 Å². The van der Waals surface area contributed by atoms with E-state index >= 15 is 0 Å². The Bertz CT molecular complexity index is 1050. The van der Waals surface area contributed by atoms with Gasteiger partial charge in [0.15, 0.2) is 11.5 Å². The van der Waals surface area contributed by atoms with Gasteiger partial charge in [-0.15, -0.1) is 0 Å². The minimum atomic E-state index is -1.57. The molecule has 8 nitrogen and oxygen atoms in total. The van der Waals surface area contributed by atoms with Gasteiger partial charge in [-0.05, 0) is 32.4 Å². The van der Waals surface area contributed by atoms with Crippen molar-refractivity contribution >= 4 is 11.9 Å². The average Bonchev–Trinajstić information content (AvgIpc) is 2.84. The van der Waals surface area contributed by atoms with E-state index in [1.807, 2.05) is 0 Å².